The van der Waals surface area contributed by atoms with Crippen molar-refractivity contribution in [2.24, 2.45) is 0 Å². The van der Waals surface area contributed by atoms with Crippen LogP contribution in [-0.2, 0) is 13.1 Å². The van der Waals surface area contributed by atoms with Gasteiger partial charge in [0.1, 0.15) is 12.4 Å². The predicted octanol–water partition coefficient (Wildman–Crippen LogP) is 4.10. The number of fused-ring (bicyclic) bond motifs is 1. The smallest absolute Gasteiger partial charge is 0.322 e. The Morgan fingerprint density at radius 2 is 1.81 bits per heavy atom. The van der Waals surface area contributed by atoms with Crippen molar-refractivity contribution in [3.8, 4) is 5.75 Å². The van der Waals surface area contributed by atoms with E-state index in [1.54, 1.807) is 0 Å². The van der Waals surface area contributed by atoms with Gasteiger partial charge in [-0.25, -0.2) is 4.79 Å². The highest BCUT2D eigenvalue weighted by atomic mass is 16.5. The Bertz CT molecular complexity index is 772. The van der Waals surface area contributed by atoms with Crippen molar-refractivity contribution in [1.82, 2.24) is 9.80 Å². The number of rotatable bonds is 3. The van der Waals surface area contributed by atoms with Gasteiger partial charge in [0.15, 0.2) is 0 Å². The highest BCUT2D eigenvalue weighted by Gasteiger charge is 2.21. The summed E-state index contributed by atoms with van der Waals surface area (Å²) in [4.78, 5) is 17.0. The molecule has 0 aliphatic carbocycles. The summed E-state index contributed by atoms with van der Waals surface area (Å²) in [6, 6.07) is 15.9. The number of hydrogen-bond donors (Lipinski definition) is 1. The van der Waals surface area contributed by atoms with Crippen LogP contribution in [0.5, 0.6) is 5.75 Å². The quantitative estimate of drug-likeness (QED) is 0.891. The van der Waals surface area contributed by atoms with Crippen molar-refractivity contribution in [1.29, 1.82) is 0 Å². The number of amides is 2. The highest BCUT2D eigenvalue weighted by Crippen LogP contribution is 2.26. The summed E-state index contributed by atoms with van der Waals surface area (Å²) in [7, 11) is 0. The molecule has 1 N–H and O–H groups in total. The molecule has 2 aromatic rings. The molecule has 0 saturated carbocycles. The molecule has 2 heterocycles. The van der Waals surface area contributed by atoms with Gasteiger partial charge in [0.2, 0.25) is 0 Å². The lowest BCUT2D eigenvalue weighted by molar-refractivity contribution is 0.200. The number of piperidine rings is 1. The van der Waals surface area contributed by atoms with Gasteiger partial charge >= 0.3 is 6.03 Å². The molecule has 0 atom stereocenters. The van der Waals surface area contributed by atoms with Crippen LogP contribution in [0.4, 0.5) is 10.5 Å². The molecule has 0 unspecified atom stereocenters. The molecule has 0 aromatic heterocycles. The molecule has 2 aromatic carbocycles. The van der Waals surface area contributed by atoms with E-state index in [1.807, 2.05) is 35.2 Å². The fraction of sp³-hybridized carbons (Fsp3) is 0.409. The first-order valence-corrected chi connectivity index (χ1v) is 9.86. The molecule has 1 saturated heterocycles. The lowest BCUT2D eigenvalue weighted by Crippen LogP contribution is -2.36. The Balaban J connectivity index is 1.45. The third-order valence-electron chi connectivity index (χ3n) is 5.27. The Kier molecular flexibility index (Phi) is 5.58. The Hall–Kier alpha value is -2.53. The number of nitrogens with zero attached hydrogens (tertiary/aromatic N) is 2. The van der Waals surface area contributed by atoms with Crippen LogP contribution in [-0.4, -0.2) is 42.1 Å². The molecule has 0 bridgehead atoms. The van der Waals surface area contributed by atoms with E-state index in [4.69, 9.17) is 4.74 Å². The second-order valence-corrected chi connectivity index (χ2v) is 7.35. The van der Waals surface area contributed by atoms with Crippen molar-refractivity contribution in [2.45, 2.75) is 32.4 Å². The van der Waals surface area contributed by atoms with Gasteiger partial charge in [-0.1, -0.05) is 30.7 Å². The van der Waals surface area contributed by atoms with Crippen LogP contribution >= 0.6 is 0 Å². The van der Waals surface area contributed by atoms with Gasteiger partial charge in [-0.15, -0.1) is 0 Å². The predicted molar refractivity (Wildman–Crippen MR) is 107 cm³/mol. The van der Waals surface area contributed by atoms with Crippen molar-refractivity contribution < 1.29 is 9.53 Å². The van der Waals surface area contributed by atoms with Crippen molar-refractivity contribution in [2.75, 3.05) is 31.6 Å². The fourth-order valence-corrected chi connectivity index (χ4v) is 3.82. The first kappa shape index (κ1) is 17.9. The molecule has 2 aliphatic heterocycles. The number of ether oxygens (including phenoxy) is 1. The van der Waals surface area contributed by atoms with E-state index < -0.39 is 0 Å². The number of anilines is 1. The molecule has 27 heavy (non-hydrogen) atoms. The maximum absolute atomic E-state index is 12.7. The molecule has 2 amide bonds. The van der Waals surface area contributed by atoms with Gasteiger partial charge in [0.25, 0.3) is 0 Å². The average molecular weight is 365 g/mol. The van der Waals surface area contributed by atoms with E-state index in [0.29, 0.717) is 19.7 Å². The molecule has 0 spiro atoms. The second-order valence-electron chi connectivity index (χ2n) is 7.35. The van der Waals surface area contributed by atoms with E-state index >= 15 is 0 Å². The molecule has 0 radical (unpaired) electrons. The molecule has 5 heteroatoms. The third kappa shape index (κ3) is 4.61. The zero-order valence-corrected chi connectivity index (χ0v) is 15.7. The van der Waals surface area contributed by atoms with Gasteiger partial charge < -0.3 is 15.0 Å². The van der Waals surface area contributed by atoms with Crippen LogP contribution in [0, 0.1) is 0 Å². The first-order valence-electron chi connectivity index (χ1n) is 9.86. The van der Waals surface area contributed by atoms with E-state index in [2.05, 4.69) is 28.4 Å². The van der Waals surface area contributed by atoms with E-state index in [9.17, 15) is 4.79 Å². The van der Waals surface area contributed by atoms with Crippen molar-refractivity contribution >= 4 is 11.7 Å². The maximum Gasteiger partial charge on any atom is 0.322 e. The lowest BCUT2D eigenvalue weighted by Gasteiger charge is -2.26. The van der Waals surface area contributed by atoms with Crippen LogP contribution in [0.3, 0.4) is 0 Å². The number of nitrogens with one attached hydrogen (secondary N) is 1. The average Bonchev–Trinajstić information content (AvgIpc) is 2.92. The SMILES string of the molecule is O=C(Nc1ccccc1)N1CCOc2ccc(CN3CCCCC3)cc2C1. The highest BCUT2D eigenvalue weighted by molar-refractivity contribution is 5.89. The van der Waals surface area contributed by atoms with Crippen LogP contribution in [0.15, 0.2) is 48.5 Å². The summed E-state index contributed by atoms with van der Waals surface area (Å²) in [5.41, 5.74) is 3.20. The molecular weight excluding hydrogens is 338 g/mol. The summed E-state index contributed by atoms with van der Waals surface area (Å²) in [5.74, 6) is 0.896. The van der Waals surface area contributed by atoms with Crippen molar-refractivity contribution in [3.63, 3.8) is 0 Å². The topological polar surface area (TPSA) is 44.8 Å². The Labute approximate surface area is 160 Å². The summed E-state index contributed by atoms with van der Waals surface area (Å²) < 4.78 is 5.89. The monoisotopic (exact) mass is 365 g/mol. The lowest BCUT2D eigenvalue weighted by atomic mass is 10.1. The number of urea groups is 1. The molecular formula is C22H27N3O2. The minimum atomic E-state index is -0.0842. The van der Waals surface area contributed by atoms with E-state index in [1.165, 1.54) is 37.9 Å². The Morgan fingerprint density at radius 1 is 1.00 bits per heavy atom. The zero-order valence-electron chi connectivity index (χ0n) is 15.7. The molecule has 5 nitrogen and oxygen atoms in total. The number of hydrogen-bond acceptors (Lipinski definition) is 3. The number of carbonyl (C=O) groups excluding carboxylic acids is 1. The van der Waals surface area contributed by atoms with Crippen LogP contribution in [0.2, 0.25) is 0 Å². The minimum Gasteiger partial charge on any atom is -0.491 e. The molecule has 142 valence electrons. The van der Waals surface area contributed by atoms with Crippen LogP contribution in [0.1, 0.15) is 30.4 Å². The van der Waals surface area contributed by atoms with Gasteiger partial charge in [-0.05, 0) is 55.8 Å². The van der Waals surface area contributed by atoms with Gasteiger partial charge in [0, 0.05) is 17.8 Å². The fourth-order valence-electron chi connectivity index (χ4n) is 3.82. The van der Waals surface area contributed by atoms with Crippen molar-refractivity contribution in [3.05, 3.63) is 59.7 Å². The largest absolute Gasteiger partial charge is 0.491 e. The van der Waals surface area contributed by atoms with Gasteiger partial charge in [-0.2, -0.15) is 0 Å². The van der Waals surface area contributed by atoms with Gasteiger partial charge in [-0.3, -0.25) is 4.90 Å². The molecule has 1 fully saturated rings. The number of para-hydroxylation sites is 1. The summed E-state index contributed by atoms with van der Waals surface area (Å²) in [6.07, 6.45) is 3.93. The van der Waals surface area contributed by atoms with Gasteiger partial charge in [0.05, 0.1) is 13.1 Å². The summed E-state index contributed by atoms with van der Waals surface area (Å²) in [5, 5.41) is 2.97. The summed E-state index contributed by atoms with van der Waals surface area (Å²) >= 11 is 0. The number of likely N-dealkylation sites (tertiary alicyclic amines) is 1. The minimum absolute atomic E-state index is 0.0842. The first-order chi connectivity index (χ1) is 13.3. The molecule has 2 aliphatic rings. The zero-order chi connectivity index (χ0) is 18.5. The summed E-state index contributed by atoms with van der Waals surface area (Å²) in [6.45, 7) is 5.00. The second kappa shape index (κ2) is 8.44. The number of carbonyl (C=O) groups is 1. The maximum atomic E-state index is 12.7. The van der Waals surface area contributed by atoms with Crippen LogP contribution in [0.25, 0.3) is 0 Å². The third-order valence-corrected chi connectivity index (χ3v) is 5.27. The van der Waals surface area contributed by atoms with E-state index in [-0.39, 0.29) is 6.03 Å². The number of benzene rings is 2. The standard InChI is InChI=1S/C22H27N3O2/c26-22(23-20-7-3-1-4-8-20)25-13-14-27-21-10-9-18(15-19(21)17-25)16-24-11-5-2-6-12-24/h1,3-4,7-10,15H,2,5-6,11-14,16-17H2,(H,23,26). The molecule has 4 rings (SSSR count). The van der Waals surface area contributed by atoms with E-state index in [0.717, 1.165) is 23.5 Å². The normalized spacial score (nSPS) is 17.6. The Morgan fingerprint density at radius 3 is 2.63 bits per heavy atom. The van der Waals surface area contributed by atoms with Crippen LogP contribution < -0.4 is 10.1 Å².